The Bertz CT molecular complexity index is 1370. The van der Waals surface area contributed by atoms with Crippen molar-refractivity contribution in [3.05, 3.63) is 59.1 Å². The smallest absolute Gasteiger partial charge is 0.416 e. The van der Waals surface area contributed by atoms with Gasteiger partial charge in [-0.2, -0.15) is 18.3 Å². The average Bonchev–Trinajstić information content (AvgIpc) is 3.36. The molecule has 0 N–H and O–H groups in total. The van der Waals surface area contributed by atoms with Crippen LogP contribution in [-0.4, -0.2) is 55.0 Å². The monoisotopic (exact) mass is 620 g/mol. The number of nitrogens with zero attached hydrogens (tertiary/aromatic N) is 6. The number of alkyl halides is 3. The molecule has 0 saturated carbocycles. The van der Waals surface area contributed by atoms with Crippen molar-refractivity contribution in [1.29, 1.82) is 0 Å². The fourth-order valence-electron chi connectivity index (χ4n) is 5.76. The number of hydrogen-bond acceptors (Lipinski definition) is 6. The SMILES string of the molecule is CC(C)OC(=O)N1C(C(C)C)CC(N(Cc2cc(Cl)cc(C(F)(F)F)c2)c2ncc(-c3cnn(C)c3)cn2)CC1C(C)C. The highest BCUT2D eigenvalue weighted by Gasteiger charge is 2.44. The zero-order valence-electron chi connectivity index (χ0n) is 25.6. The van der Waals surface area contributed by atoms with Crippen molar-refractivity contribution in [1.82, 2.24) is 24.6 Å². The Labute approximate surface area is 256 Å². The summed E-state index contributed by atoms with van der Waals surface area (Å²) in [5.74, 6) is 0.583. The standard InChI is InChI=1S/C31H40ClF3N6O2/c1-18(2)27-11-26(12-28(19(3)4)41(27)30(42)43-20(5)6)40(16-21-8-24(31(33,34)35)10-25(32)9-21)29-36-13-22(14-37-29)23-15-38-39(7)17-23/h8-10,13-15,17-20,26-28H,11-12,16H2,1-7H3. The number of halogens is 4. The Morgan fingerprint density at radius 1 is 1.00 bits per heavy atom. The normalized spacial score (nSPS) is 19.4. The van der Waals surface area contributed by atoms with Crippen molar-refractivity contribution >= 4 is 23.6 Å². The summed E-state index contributed by atoms with van der Waals surface area (Å²) in [5, 5.41) is 4.21. The van der Waals surface area contributed by atoms with Gasteiger partial charge in [-0.15, -0.1) is 0 Å². The van der Waals surface area contributed by atoms with E-state index in [-0.39, 0.29) is 53.7 Å². The van der Waals surface area contributed by atoms with E-state index in [0.29, 0.717) is 24.4 Å². The molecule has 1 aromatic carbocycles. The number of carbonyl (C=O) groups is 1. The van der Waals surface area contributed by atoms with E-state index in [4.69, 9.17) is 16.3 Å². The van der Waals surface area contributed by atoms with Crippen LogP contribution in [0.15, 0.2) is 43.0 Å². The summed E-state index contributed by atoms with van der Waals surface area (Å²) < 4.78 is 48.5. The van der Waals surface area contributed by atoms with Crippen LogP contribution in [-0.2, 0) is 24.5 Å². The lowest BCUT2D eigenvalue weighted by atomic mass is 9.81. The van der Waals surface area contributed by atoms with Crippen LogP contribution in [0, 0.1) is 11.8 Å². The summed E-state index contributed by atoms with van der Waals surface area (Å²) in [5.41, 5.74) is 1.20. The molecule has 3 aromatic rings. The van der Waals surface area contributed by atoms with Crippen LogP contribution in [0.1, 0.15) is 65.5 Å². The van der Waals surface area contributed by atoms with E-state index in [0.717, 1.165) is 23.3 Å². The van der Waals surface area contributed by atoms with Gasteiger partial charge in [0, 0.05) is 66.5 Å². The van der Waals surface area contributed by atoms with Gasteiger partial charge < -0.3 is 14.5 Å². The van der Waals surface area contributed by atoms with E-state index in [1.807, 2.05) is 36.9 Å². The molecule has 0 radical (unpaired) electrons. The Hall–Kier alpha value is -3.34. The second kappa shape index (κ2) is 13.1. The number of rotatable bonds is 8. The first-order chi connectivity index (χ1) is 20.1. The molecule has 43 heavy (non-hydrogen) atoms. The minimum atomic E-state index is -4.54. The first-order valence-electron chi connectivity index (χ1n) is 14.6. The molecule has 1 fully saturated rings. The van der Waals surface area contributed by atoms with Gasteiger partial charge in [0.2, 0.25) is 5.95 Å². The first kappa shape index (κ1) is 32.6. The minimum absolute atomic E-state index is 0.00369. The van der Waals surface area contributed by atoms with Gasteiger partial charge >= 0.3 is 12.3 Å². The number of piperidine rings is 1. The lowest BCUT2D eigenvalue weighted by Gasteiger charge is -2.50. The van der Waals surface area contributed by atoms with Gasteiger partial charge in [-0.1, -0.05) is 39.3 Å². The molecule has 12 heteroatoms. The highest BCUT2D eigenvalue weighted by atomic mass is 35.5. The zero-order chi connectivity index (χ0) is 31.6. The molecule has 0 aliphatic carbocycles. The van der Waals surface area contributed by atoms with E-state index in [1.165, 1.54) is 0 Å². The first-order valence-corrected chi connectivity index (χ1v) is 14.9. The molecule has 1 saturated heterocycles. The lowest BCUT2D eigenvalue weighted by Crippen LogP contribution is -2.60. The maximum Gasteiger partial charge on any atom is 0.416 e. The van der Waals surface area contributed by atoms with Crippen LogP contribution in [0.5, 0.6) is 0 Å². The summed E-state index contributed by atoms with van der Waals surface area (Å²) in [6, 6.07) is 3.08. The van der Waals surface area contributed by atoms with Crippen LogP contribution in [0.3, 0.4) is 0 Å². The quantitative estimate of drug-likeness (QED) is 0.258. The van der Waals surface area contributed by atoms with Crippen molar-refractivity contribution < 1.29 is 22.7 Å². The third-order valence-electron chi connectivity index (χ3n) is 7.84. The van der Waals surface area contributed by atoms with E-state index in [2.05, 4.69) is 42.8 Å². The molecule has 234 valence electrons. The Morgan fingerprint density at radius 2 is 1.60 bits per heavy atom. The number of aryl methyl sites for hydroxylation is 1. The van der Waals surface area contributed by atoms with Gasteiger partial charge in [0.05, 0.1) is 17.9 Å². The summed E-state index contributed by atoms with van der Waals surface area (Å²) in [4.78, 5) is 26.5. The van der Waals surface area contributed by atoms with E-state index in [9.17, 15) is 18.0 Å². The number of hydrogen-bond donors (Lipinski definition) is 0. The molecule has 3 heterocycles. The summed E-state index contributed by atoms with van der Waals surface area (Å²) in [6.07, 6.45) is 2.93. The topological polar surface area (TPSA) is 76.4 Å². The van der Waals surface area contributed by atoms with Crippen molar-refractivity contribution in [3.8, 4) is 11.1 Å². The van der Waals surface area contributed by atoms with Crippen molar-refractivity contribution in [2.75, 3.05) is 4.90 Å². The number of ether oxygens (including phenoxy) is 1. The molecule has 0 bridgehead atoms. The van der Waals surface area contributed by atoms with Crippen molar-refractivity contribution in [2.24, 2.45) is 18.9 Å². The van der Waals surface area contributed by atoms with Crippen LogP contribution in [0.4, 0.5) is 23.9 Å². The molecule has 2 atom stereocenters. The fourth-order valence-corrected chi connectivity index (χ4v) is 6.01. The summed E-state index contributed by atoms with van der Waals surface area (Å²) >= 11 is 6.17. The molecular formula is C31H40ClF3N6O2. The molecule has 1 amide bonds. The number of aromatic nitrogens is 4. The third kappa shape index (κ3) is 7.79. The molecule has 2 unspecified atom stereocenters. The molecule has 8 nitrogen and oxygen atoms in total. The maximum absolute atomic E-state index is 13.7. The second-order valence-electron chi connectivity index (χ2n) is 12.2. The van der Waals surface area contributed by atoms with Crippen LogP contribution < -0.4 is 4.90 Å². The van der Waals surface area contributed by atoms with Crippen LogP contribution in [0.25, 0.3) is 11.1 Å². The van der Waals surface area contributed by atoms with Gasteiger partial charge in [-0.05, 0) is 62.3 Å². The number of likely N-dealkylation sites (tertiary alicyclic amines) is 1. The van der Waals surface area contributed by atoms with Crippen molar-refractivity contribution in [2.45, 2.75) is 91.3 Å². The number of amides is 1. The predicted molar refractivity (Wildman–Crippen MR) is 161 cm³/mol. The van der Waals surface area contributed by atoms with E-state index >= 15 is 0 Å². The highest BCUT2D eigenvalue weighted by molar-refractivity contribution is 6.30. The molecule has 1 aliphatic heterocycles. The van der Waals surface area contributed by atoms with Gasteiger partial charge in [0.1, 0.15) is 0 Å². The lowest BCUT2D eigenvalue weighted by molar-refractivity contribution is -0.137. The largest absolute Gasteiger partial charge is 0.447 e. The molecule has 2 aromatic heterocycles. The van der Waals surface area contributed by atoms with E-state index < -0.39 is 11.7 Å². The third-order valence-corrected chi connectivity index (χ3v) is 8.06. The minimum Gasteiger partial charge on any atom is -0.447 e. The van der Waals surface area contributed by atoms with Gasteiger partial charge in [0.25, 0.3) is 0 Å². The molecular weight excluding hydrogens is 581 g/mol. The molecule has 1 aliphatic rings. The zero-order valence-corrected chi connectivity index (χ0v) is 26.4. The number of benzene rings is 1. The average molecular weight is 621 g/mol. The summed E-state index contributed by atoms with van der Waals surface area (Å²) in [7, 11) is 1.82. The second-order valence-corrected chi connectivity index (χ2v) is 12.7. The predicted octanol–water partition coefficient (Wildman–Crippen LogP) is 7.61. The Kier molecular flexibility index (Phi) is 9.93. The fraction of sp³-hybridized carbons (Fsp3) is 0.548. The highest BCUT2D eigenvalue weighted by Crippen LogP contribution is 2.38. The molecule has 4 rings (SSSR count). The van der Waals surface area contributed by atoms with Gasteiger partial charge in [-0.25, -0.2) is 14.8 Å². The van der Waals surface area contributed by atoms with Gasteiger partial charge in [-0.3, -0.25) is 4.68 Å². The molecule has 0 spiro atoms. The van der Waals surface area contributed by atoms with Crippen molar-refractivity contribution in [3.63, 3.8) is 0 Å². The maximum atomic E-state index is 13.7. The van der Waals surface area contributed by atoms with Crippen LogP contribution in [0.2, 0.25) is 5.02 Å². The Balaban J connectivity index is 1.76. The Morgan fingerprint density at radius 3 is 2.09 bits per heavy atom. The number of anilines is 1. The number of carbonyl (C=O) groups excluding carboxylic acids is 1. The van der Waals surface area contributed by atoms with E-state index in [1.54, 1.807) is 29.3 Å². The summed E-state index contributed by atoms with van der Waals surface area (Å²) in [6.45, 7) is 12.0. The van der Waals surface area contributed by atoms with Gasteiger partial charge in [0.15, 0.2) is 0 Å². The van der Waals surface area contributed by atoms with Crippen LogP contribution >= 0.6 is 11.6 Å².